The number of hydrogen-bond donors (Lipinski definition) is 1. The van der Waals surface area contributed by atoms with Gasteiger partial charge in [-0.3, -0.25) is 0 Å². The topological polar surface area (TPSA) is 74.5 Å². The van der Waals surface area contributed by atoms with E-state index in [1.165, 1.54) is 60.4 Å². The van der Waals surface area contributed by atoms with Crippen molar-refractivity contribution in [3.05, 3.63) is 84.1 Å². The number of nitrogens with one attached hydrogen (secondary N) is 1. The molecule has 2 aliphatic heterocycles. The van der Waals surface area contributed by atoms with E-state index in [0.29, 0.717) is 5.95 Å². The van der Waals surface area contributed by atoms with Gasteiger partial charge in [0.15, 0.2) is 0 Å². The van der Waals surface area contributed by atoms with E-state index in [9.17, 15) is 0 Å². The van der Waals surface area contributed by atoms with Crippen LogP contribution in [0.4, 0.5) is 17.8 Å². The Bertz CT molecular complexity index is 1640. The predicted octanol–water partition coefficient (Wildman–Crippen LogP) is 6.45. The van der Waals surface area contributed by atoms with Crippen LogP contribution >= 0.6 is 0 Å². The Kier molecular flexibility index (Phi) is 7.20. The number of benzene rings is 3. The molecule has 41 heavy (non-hydrogen) atoms. The van der Waals surface area contributed by atoms with Crippen LogP contribution in [0.2, 0.25) is 0 Å². The molecule has 1 N–H and O–H groups in total. The minimum Gasteiger partial charge on any atom is -0.342 e. The molecule has 2 fully saturated rings. The Balaban J connectivity index is 1.15. The second kappa shape index (κ2) is 11.6. The summed E-state index contributed by atoms with van der Waals surface area (Å²) in [7, 11) is 0. The van der Waals surface area contributed by atoms with Gasteiger partial charge in [0, 0.05) is 55.4 Å². The lowest BCUT2D eigenvalue weighted by molar-refractivity contribution is 0.556. The Morgan fingerprint density at radius 2 is 1.37 bits per heavy atom. The number of hydrogen-bond acceptors (Lipinski definition) is 7. The van der Waals surface area contributed by atoms with Gasteiger partial charge in [-0.1, -0.05) is 54.6 Å². The number of nitrogens with zero attached hydrogens (tertiary/aromatic N) is 7. The van der Waals surface area contributed by atoms with Gasteiger partial charge in [-0.2, -0.15) is 20.1 Å². The summed E-state index contributed by atoms with van der Waals surface area (Å²) in [6.45, 7) is 4.75. The molecule has 0 bridgehead atoms. The average Bonchev–Trinajstić information content (AvgIpc) is 3.38. The van der Waals surface area contributed by atoms with Crippen LogP contribution < -0.4 is 15.2 Å². The third kappa shape index (κ3) is 5.59. The second-order valence-corrected chi connectivity index (χ2v) is 11.1. The molecule has 3 aromatic carbocycles. The van der Waals surface area contributed by atoms with Crippen molar-refractivity contribution in [3.63, 3.8) is 0 Å². The van der Waals surface area contributed by atoms with E-state index in [-0.39, 0.29) is 0 Å². The molecule has 208 valence electrons. The highest BCUT2D eigenvalue weighted by atomic mass is 15.4. The summed E-state index contributed by atoms with van der Waals surface area (Å²) < 4.78 is 2.30. The molecule has 0 spiro atoms. The monoisotopic (exact) mass is 544 g/mol. The van der Waals surface area contributed by atoms with Gasteiger partial charge in [0.1, 0.15) is 0 Å². The average molecular weight is 545 g/mol. The first-order valence-electron chi connectivity index (χ1n) is 14.9. The van der Waals surface area contributed by atoms with Crippen LogP contribution in [0.5, 0.6) is 0 Å². The van der Waals surface area contributed by atoms with Crippen molar-refractivity contribution < 1.29 is 0 Å². The van der Waals surface area contributed by atoms with Crippen LogP contribution in [0.1, 0.15) is 49.7 Å². The summed E-state index contributed by atoms with van der Waals surface area (Å²) >= 11 is 0. The number of hydrazone groups is 1. The molecule has 0 aliphatic carbocycles. The molecular formula is C33H36N8. The fraction of sp³-hybridized carbons (Fsp3) is 0.333. The zero-order valence-electron chi connectivity index (χ0n) is 23.4. The standard InChI is InChI=1S/C33H36N8/c1-7-17-39(18-8-1)32-35-31(36-33(37-32)40-19-9-2-10-20-40)38-34-22-28-24-41(30-14-6-5-13-29(28)30)23-25-15-16-26-11-3-4-12-27(26)21-25/h3-6,11-16,21-22,24H,1-2,7-10,17-20,23H2,(H,35,36,37,38)/b34-22+. The SMILES string of the molecule is C(=N\Nc1nc(N2CCCCC2)nc(N2CCCCC2)n1)/c1cn(Cc2ccc3ccccc3c2)c2ccccc12. The van der Waals surface area contributed by atoms with Crippen molar-refractivity contribution >= 4 is 45.7 Å². The fourth-order valence-electron chi connectivity index (χ4n) is 6.08. The number of fused-ring (bicyclic) bond motifs is 2. The summed E-state index contributed by atoms with van der Waals surface area (Å²) in [6.07, 6.45) is 11.3. The van der Waals surface area contributed by atoms with Gasteiger partial charge in [0.2, 0.25) is 17.8 Å². The van der Waals surface area contributed by atoms with E-state index in [1.54, 1.807) is 0 Å². The predicted molar refractivity (Wildman–Crippen MR) is 168 cm³/mol. The lowest BCUT2D eigenvalue weighted by Gasteiger charge is -2.30. The van der Waals surface area contributed by atoms with Crippen LogP contribution in [-0.2, 0) is 6.54 Å². The van der Waals surface area contributed by atoms with E-state index in [1.807, 2.05) is 6.21 Å². The van der Waals surface area contributed by atoms with Crippen molar-refractivity contribution in [3.8, 4) is 0 Å². The van der Waals surface area contributed by atoms with Crippen LogP contribution in [0.15, 0.2) is 78.0 Å². The van der Waals surface area contributed by atoms with Gasteiger partial charge in [0.05, 0.1) is 6.21 Å². The normalized spacial score (nSPS) is 16.2. The Labute approximate surface area is 240 Å². The van der Waals surface area contributed by atoms with Crippen LogP contribution in [0, 0.1) is 0 Å². The van der Waals surface area contributed by atoms with E-state index in [4.69, 9.17) is 15.0 Å². The maximum Gasteiger partial charge on any atom is 0.250 e. The van der Waals surface area contributed by atoms with Crippen molar-refractivity contribution in [1.82, 2.24) is 19.5 Å². The minimum atomic E-state index is 0.497. The maximum absolute atomic E-state index is 4.88. The second-order valence-electron chi connectivity index (χ2n) is 11.1. The molecule has 0 atom stereocenters. The summed E-state index contributed by atoms with van der Waals surface area (Å²) in [4.78, 5) is 19.0. The van der Waals surface area contributed by atoms with Crippen molar-refractivity contribution in [1.29, 1.82) is 0 Å². The van der Waals surface area contributed by atoms with Crippen LogP contribution in [-0.4, -0.2) is 51.9 Å². The van der Waals surface area contributed by atoms with Crippen molar-refractivity contribution in [2.24, 2.45) is 5.10 Å². The van der Waals surface area contributed by atoms with Gasteiger partial charge < -0.3 is 14.4 Å². The smallest absolute Gasteiger partial charge is 0.250 e. The molecule has 2 aromatic heterocycles. The van der Waals surface area contributed by atoms with Gasteiger partial charge >= 0.3 is 0 Å². The number of rotatable bonds is 7. The molecule has 0 unspecified atom stereocenters. The molecule has 0 amide bonds. The Morgan fingerprint density at radius 3 is 2.10 bits per heavy atom. The number of para-hydroxylation sites is 1. The Morgan fingerprint density at radius 1 is 0.707 bits per heavy atom. The lowest BCUT2D eigenvalue weighted by Crippen LogP contribution is -2.34. The highest BCUT2D eigenvalue weighted by Crippen LogP contribution is 2.25. The number of anilines is 3. The first-order chi connectivity index (χ1) is 20.3. The van der Waals surface area contributed by atoms with E-state index < -0.39 is 0 Å². The molecule has 8 nitrogen and oxygen atoms in total. The largest absolute Gasteiger partial charge is 0.342 e. The zero-order chi connectivity index (χ0) is 27.4. The van der Waals surface area contributed by atoms with E-state index in [0.717, 1.165) is 55.6 Å². The Hall–Kier alpha value is -4.46. The summed E-state index contributed by atoms with van der Waals surface area (Å²) in [5.41, 5.74) is 6.64. The molecule has 7 rings (SSSR count). The molecule has 0 saturated carbocycles. The van der Waals surface area contributed by atoms with Gasteiger partial charge in [-0.05, 0) is 67.0 Å². The third-order valence-electron chi connectivity index (χ3n) is 8.24. The molecule has 2 saturated heterocycles. The molecule has 5 aromatic rings. The highest BCUT2D eigenvalue weighted by molar-refractivity contribution is 5.99. The maximum atomic E-state index is 4.88. The van der Waals surface area contributed by atoms with Gasteiger partial charge in [-0.15, -0.1) is 0 Å². The minimum absolute atomic E-state index is 0.497. The lowest BCUT2D eigenvalue weighted by atomic mass is 10.1. The van der Waals surface area contributed by atoms with Crippen LogP contribution in [0.25, 0.3) is 21.7 Å². The summed E-state index contributed by atoms with van der Waals surface area (Å²) in [5.74, 6) is 2.01. The molecular weight excluding hydrogens is 508 g/mol. The molecule has 8 heteroatoms. The van der Waals surface area contributed by atoms with Crippen molar-refractivity contribution in [2.45, 2.75) is 45.1 Å². The summed E-state index contributed by atoms with van der Waals surface area (Å²) in [5, 5.41) is 8.31. The van der Waals surface area contributed by atoms with Crippen molar-refractivity contribution in [2.75, 3.05) is 41.4 Å². The van der Waals surface area contributed by atoms with E-state index in [2.05, 4.69) is 97.8 Å². The first kappa shape index (κ1) is 25.5. The highest BCUT2D eigenvalue weighted by Gasteiger charge is 2.20. The van der Waals surface area contributed by atoms with E-state index >= 15 is 0 Å². The quantitative estimate of drug-likeness (QED) is 0.187. The van der Waals surface area contributed by atoms with Gasteiger partial charge in [-0.25, -0.2) is 5.43 Å². The molecule has 2 aliphatic rings. The fourth-order valence-corrected chi connectivity index (χ4v) is 6.08. The third-order valence-corrected chi connectivity index (χ3v) is 8.24. The van der Waals surface area contributed by atoms with Crippen LogP contribution in [0.3, 0.4) is 0 Å². The molecule has 0 radical (unpaired) electrons. The number of piperidine rings is 2. The summed E-state index contributed by atoms with van der Waals surface area (Å²) in [6, 6.07) is 23.7. The first-order valence-corrected chi connectivity index (χ1v) is 14.9. The number of aromatic nitrogens is 4. The van der Waals surface area contributed by atoms with Gasteiger partial charge in [0.25, 0.3) is 0 Å². The zero-order valence-corrected chi connectivity index (χ0v) is 23.4. The molecule has 4 heterocycles.